The van der Waals surface area contributed by atoms with Gasteiger partial charge >= 0.3 is 6.03 Å². The molecule has 0 aliphatic rings. The smallest absolute Gasteiger partial charge is 0.319 e. The molecule has 0 radical (unpaired) electrons. The van der Waals surface area contributed by atoms with Gasteiger partial charge in [-0.1, -0.05) is 17.7 Å². The Kier molecular flexibility index (Phi) is 5.30. The minimum atomic E-state index is -0.302. The summed E-state index contributed by atoms with van der Waals surface area (Å²) >= 11 is 0. The van der Waals surface area contributed by atoms with E-state index in [2.05, 4.69) is 34.6 Å². The maximum absolute atomic E-state index is 12.4. The first kappa shape index (κ1) is 18.7. The Hall–Kier alpha value is -3.09. The molecule has 2 aromatic heterocycles. The third-order valence-electron chi connectivity index (χ3n) is 4.38. The second-order valence-electron chi connectivity index (χ2n) is 6.89. The van der Waals surface area contributed by atoms with Gasteiger partial charge in [0.15, 0.2) is 5.65 Å². The fraction of sp³-hybridized carbons (Fsp3) is 0.350. The number of urea groups is 1. The monoisotopic (exact) mass is 367 g/mol. The number of carbonyl (C=O) groups is 1. The number of rotatable bonds is 5. The summed E-state index contributed by atoms with van der Waals surface area (Å²) in [5, 5.41) is 11.0. The number of fused-ring (bicyclic) bond motifs is 1. The predicted molar refractivity (Wildman–Crippen MR) is 106 cm³/mol. The van der Waals surface area contributed by atoms with Crippen LogP contribution in [-0.2, 0) is 0 Å². The number of pyridine rings is 1. The molecule has 2 N–H and O–H groups in total. The van der Waals surface area contributed by atoms with Crippen LogP contribution in [0.25, 0.3) is 11.0 Å². The first-order valence-corrected chi connectivity index (χ1v) is 8.94. The molecule has 27 heavy (non-hydrogen) atoms. The van der Waals surface area contributed by atoms with E-state index in [0.29, 0.717) is 5.69 Å². The molecule has 7 heteroatoms. The highest BCUT2D eigenvalue weighted by Gasteiger charge is 2.15. The van der Waals surface area contributed by atoms with Crippen molar-refractivity contribution in [1.82, 2.24) is 20.1 Å². The molecule has 1 unspecified atom stereocenters. The number of amides is 2. The van der Waals surface area contributed by atoms with Crippen molar-refractivity contribution >= 4 is 22.8 Å². The molecule has 0 aliphatic carbocycles. The number of methoxy groups -OCH3 is 1. The molecule has 1 aromatic carbocycles. The van der Waals surface area contributed by atoms with Gasteiger partial charge in [0, 0.05) is 17.0 Å². The molecule has 0 bridgehead atoms. The van der Waals surface area contributed by atoms with E-state index in [-0.39, 0.29) is 18.1 Å². The van der Waals surface area contributed by atoms with Gasteiger partial charge in [-0.05, 0) is 39.8 Å². The average molecular weight is 367 g/mol. The van der Waals surface area contributed by atoms with Gasteiger partial charge < -0.3 is 15.4 Å². The lowest BCUT2D eigenvalue weighted by Crippen LogP contribution is -2.31. The van der Waals surface area contributed by atoms with Gasteiger partial charge in [0.1, 0.15) is 5.75 Å². The van der Waals surface area contributed by atoms with Crippen molar-refractivity contribution in [3.8, 4) is 5.75 Å². The molecule has 3 rings (SSSR count). The number of nitrogens with one attached hydrogen (secondary N) is 2. The maximum Gasteiger partial charge on any atom is 0.319 e. The molecule has 142 valence electrons. The molecule has 0 saturated heterocycles. The van der Waals surface area contributed by atoms with Crippen LogP contribution in [0.15, 0.2) is 36.7 Å². The zero-order valence-electron chi connectivity index (χ0n) is 16.3. The predicted octanol–water partition coefficient (Wildman–Crippen LogP) is 4.21. The quantitative estimate of drug-likeness (QED) is 0.708. The van der Waals surface area contributed by atoms with Gasteiger partial charge in [0.25, 0.3) is 0 Å². The normalized spacial score (nSPS) is 12.2. The van der Waals surface area contributed by atoms with Crippen LogP contribution in [0.4, 0.5) is 10.5 Å². The van der Waals surface area contributed by atoms with Crippen LogP contribution in [0.2, 0.25) is 0 Å². The van der Waals surface area contributed by atoms with E-state index in [1.807, 2.05) is 42.8 Å². The van der Waals surface area contributed by atoms with E-state index >= 15 is 0 Å². The molecular formula is C20H25N5O2. The third-order valence-corrected chi connectivity index (χ3v) is 4.38. The number of anilines is 1. The van der Waals surface area contributed by atoms with E-state index in [0.717, 1.165) is 27.9 Å². The summed E-state index contributed by atoms with van der Waals surface area (Å²) in [6, 6.07) is 7.48. The van der Waals surface area contributed by atoms with Crippen LogP contribution in [-0.4, -0.2) is 27.9 Å². The maximum atomic E-state index is 12.4. The SMILES string of the molecule is COc1ccc(C)cc1C(C)NC(=O)Nc1cnc2c(cnn2C(C)C)c1. The van der Waals surface area contributed by atoms with Crippen molar-refractivity contribution in [1.29, 1.82) is 0 Å². The summed E-state index contributed by atoms with van der Waals surface area (Å²) in [7, 11) is 1.62. The van der Waals surface area contributed by atoms with Gasteiger partial charge in [-0.25, -0.2) is 14.5 Å². The lowest BCUT2D eigenvalue weighted by Gasteiger charge is -2.18. The third kappa shape index (κ3) is 4.02. The number of aryl methyl sites for hydroxylation is 1. The Bertz CT molecular complexity index is 964. The second-order valence-corrected chi connectivity index (χ2v) is 6.89. The van der Waals surface area contributed by atoms with E-state index in [4.69, 9.17) is 4.74 Å². The van der Waals surface area contributed by atoms with Crippen LogP contribution in [0, 0.1) is 6.92 Å². The van der Waals surface area contributed by atoms with E-state index in [9.17, 15) is 4.79 Å². The zero-order valence-corrected chi connectivity index (χ0v) is 16.3. The highest BCUT2D eigenvalue weighted by Crippen LogP contribution is 2.26. The summed E-state index contributed by atoms with van der Waals surface area (Å²) in [6.07, 6.45) is 3.39. The Labute approximate surface area is 158 Å². The topological polar surface area (TPSA) is 81.1 Å². The average Bonchev–Trinajstić information content (AvgIpc) is 3.05. The Morgan fingerprint density at radius 3 is 2.67 bits per heavy atom. The Morgan fingerprint density at radius 1 is 1.19 bits per heavy atom. The standard InChI is InChI=1S/C20H25N5O2/c1-12(2)25-19-15(10-22-25)9-16(11-21-19)24-20(26)23-14(4)17-8-13(3)6-7-18(17)27-5/h6-12,14H,1-5H3,(H2,23,24,26). The van der Waals surface area contributed by atoms with Crippen molar-refractivity contribution < 1.29 is 9.53 Å². The molecule has 2 amide bonds. The lowest BCUT2D eigenvalue weighted by atomic mass is 10.0. The van der Waals surface area contributed by atoms with Crippen LogP contribution in [0.5, 0.6) is 5.75 Å². The molecule has 1 atom stereocenters. The van der Waals surface area contributed by atoms with Crippen molar-refractivity contribution in [3.63, 3.8) is 0 Å². The molecule has 2 heterocycles. The highest BCUT2D eigenvalue weighted by atomic mass is 16.5. The van der Waals surface area contributed by atoms with Gasteiger partial charge in [-0.15, -0.1) is 0 Å². The molecule has 0 saturated carbocycles. The number of ether oxygens (including phenoxy) is 1. The van der Waals surface area contributed by atoms with E-state index in [1.54, 1.807) is 19.5 Å². The van der Waals surface area contributed by atoms with Crippen molar-refractivity contribution in [2.24, 2.45) is 0 Å². The Balaban J connectivity index is 1.72. The molecule has 0 aliphatic heterocycles. The van der Waals surface area contributed by atoms with Crippen LogP contribution >= 0.6 is 0 Å². The molecular weight excluding hydrogens is 342 g/mol. The summed E-state index contributed by atoms with van der Waals surface area (Å²) in [5.74, 6) is 0.748. The molecule has 7 nitrogen and oxygen atoms in total. The highest BCUT2D eigenvalue weighted by molar-refractivity contribution is 5.91. The number of benzene rings is 1. The number of carbonyl (C=O) groups excluding carboxylic acids is 1. The van der Waals surface area contributed by atoms with E-state index < -0.39 is 0 Å². The second kappa shape index (κ2) is 7.65. The number of aromatic nitrogens is 3. The molecule has 0 fully saturated rings. The summed E-state index contributed by atoms with van der Waals surface area (Å²) < 4.78 is 7.25. The largest absolute Gasteiger partial charge is 0.496 e. The minimum absolute atomic E-state index is 0.208. The fourth-order valence-electron chi connectivity index (χ4n) is 3.02. The van der Waals surface area contributed by atoms with Crippen molar-refractivity contribution in [2.75, 3.05) is 12.4 Å². The number of hydrogen-bond acceptors (Lipinski definition) is 4. The summed E-state index contributed by atoms with van der Waals surface area (Å²) in [6.45, 7) is 8.03. The fourth-order valence-corrected chi connectivity index (χ4v) is 3.02. The first-order valence-electron chi connectivity index (χ1n) is 8.94. The van der Waals surface area contributed by atoms with Gasteiger partial charge in [-0.2, -0.15) is 5.10 Å². The summed E-state index contributed by atoms with van der Waals surface area (Å²) in [5.41, 5.74) is 3.46. The number of nitrogens with zero attached hydrogens (tertiary/aromatic N) is 3. The summed E-state index contributed by atoms with van der Waals surface area (Å²) in [4.78, 5) is 16.8. The Morgan fingerprint density at radius 2 is 1.96 bits per heavy atom. The van der Waals surface area contributed by atoms with Crippen LogP contribution in [0.1, 0.15) is 44.0 Å². The van der Waals surface area contributed by atoms with Crippen molar-refractivity contribution in [2.45, 2.75) is 39.8 Å². The van der Waals surface area contributed by atoms with Crippen LogP contribution < -0.4 is 15.4 Å². The van der Waals surface area contributed by atoms with Crippen LogP contribution in [0.3, 0.4) is 0 Å². The molecule has 3 aromatic rings. The van der Waals surface area contributed by atoms with Crippen molar-refractivity contribution in [3.05, 3.63) is 47.8 Å². The van der Waals surface area contributed by atoms with E-state index in [1.165, 1.54) is 0 Å². The molecule has 0 spiro atoms. The minimum Gasteiger partial charge on any atom is -0.496 e. The lowest BCUT2D eigenvalue weighted by molar-refractivity contribution is 0.249. The zero-order chi connectivity index (χ0) is 19.6. The number of hydrogen-bond donors (Lipinski definition) is 2. The van der Waals surface area contributed by atoms with Gasteiger partial charge in [0.2, 0.25) is 0 Å². The van der Waals surface area contributed by atoms with Gasteiger partial charge in [0.05, 0.1) is 31.2 Å². The first-order chi connectivity index (χ1) is 12.9. The van der Waals surface area contributed by atoms with Gasteiger partial charge in [-0.3, -0.25) is 0 Å².